The molecule has 0 atom stereocenters. The molecule has 0 aliphatic carbocycles. The maximum atomic E-state index is 11.8. The van der Waals surface area contributed by atoms with Crippen LogP contribution in [0, 0.1) is 0 Å². The Balaban J connectivity index is 2.06. The number of hydrogen-bond donors (Lipinski definition) is 1. The standard InChI is InChI=1S/C11H16N4O2/c1-17-10-5-2-4-9(13-10)8-14-6-3-7-15(12)11(14)16/h2,4-5H,3,6-8,12H2,1H3. The van der Waals surface area contributed by atoms with Crippen molar-refractivity contribution in [2.24, 2.45) is 5.84 Å². The lowest BCUT2D eigenvalue weighted by molar-refractivity contribution is 0.126. The molecule has 1 aliphatic heterocycles. The van der Waals surface area contributed by atoms with Gasteiger partial charge in [-0.2, -0.15) is 0 Å². The molecule has 1 fully saturated rings. The molecule has 6 nitrogen and oxygen atoms in total. The van der Waals surface area contributed by atoms with E-state index in [2.05, 4.69) is 4.98 Å². The van der Waals surface area contributed by atoms with Crippen LogP contribution in [0.15, 0.2) is 18.2 Å². The van der Waals surface area contributed by atoms with Gasteiger partial charge in [-0.25, -0.2) is 15.6 Å². The quantitative estimate of drug-likeness (QED) is 0.616. The number of pyridine rings is 1. The first-order chi connectivity index (χ1) is 8.20. The van der Waals surface area contributed by atoms with E-state index in [4.69, 9.17) is 10.6 Å². The average molecular weight is 236 g/mol. The second-order valence-electron chi connectivity index (χ2n) is 3.92. The summed E-state index contributed by atoms with van der Waals surface area (Å²) in [5, 5.41) is 1.24. The Bertz CT molecular complexity index is 410. The highest BCUT2D eigenvalue weighted by Crippen LogP contribution is 2.12. The maximum absolute atomic E-state index is 11.8. The molecule has 17 heavy (non-hydrogen) atoms. The number of amides is 2. The summed E-state index contributed by atoms with van der Waals surface area (Å²) in [5.74, 6) is 6.13. The minimum absolute atomic E-state index is 0.152. The molecule has 1 saturated heterocycles. The van der Waals surface area contributed by atoms with E-state index in [1.54, 1.807) is 18.1 Å². The van der Waals surface area contributed by atoms with E-state index in [9.17, 15) is 4.79 Å². The summed E-state index contributed by atoms with van der Waals surface area (Å²) >= 11 is 0. The summed E-state index contributed by atoms with van der Waals surface area (Å²) in [6, 6.07) is 5.35. The number of rotatable bonds is 3. The molecule has 2 heterocycles. The summed E-state index contributed by atoms with van der Waals surface area (Å²) in [5.41, 5.74) is 0.799. The molecule has 0 bridgehead atoms. The van der Waals surface area contributed by atoms with Crippen molar-refractivity contribution < 1.29 is 9.53 Å². The van der Waals surface area contributed by atoms with Crippen LogP contribution in [0.2, 0.25) is 0 Å². The summed E-state index contributed by atoms with van der Waals surface area (Å²) in [6.45, 7) is 1.79. The van der Waals surface area contributed by atoms with Crippen LogP contribution in [0.25, 0.3) is 0 Å². The van der Waals surface area contributed by atoms with Gasteiger partial charge in [-0.15, -0.1) is 0 Å². The van der Waals surface area contributed by atoms with Gasteiger partial charge in [0.2, 0.25) is 5.88 Å². The summed E-state index contributed by atoms with van der Waals surface area (Å²) in [7, 11) is 1.57. The van der Waals surface area contributed by atoms with Crippen LogP contribution in [-0.4, -0.2) is 41.1 Å². The lowest BCUT2D eigenvalue weighted by atomic mass is 10.2. The largest absolute Gasteiger partial charge is 0.481 e. The predicted octanol–water partition coefficient (Wildman–Crippen LogP) is 0.592. The topological polar surface area (TPSA) is 71.7 Å². The molecule has 2 rings (SSSR count). The Labute approximate surface area is 99.9 Å². The van der Waals surface area contributed by atoms with Gasteiger partial charge < -0.3 is 9.64 Å². The smallest absolute Gasteiger partial charge is 0.334 e. The van der Waals surface area contributed by atoms with Gasteiger partial charge in [-0.3, -0.25) is 5.01 Å². The fraction of sp³-hybridized carbons (Fsp3) is 0.455. The lowest BCUT2D eigenvalue weighted by Crippen LogP contribution is -2.52. The average Bonchev–Trinajstić information content (AvgIpc) is 2.35. The molecule has 2 amide bonds. The van der Waals surface area contributed by atoms with Crippen LogP contribution in [0.5, 0.6) is 5.88 Å². The molecular formula is C11H16N4O2. The van der Waals surface area contributed by atoms with Crippen LogP contribution in [0.4, 0.5) is 4.79 Å². The highest BCUT2D eigenvalue weighted by molar-refractivity contribution is 5.74. The molecule has 1 aromatic rings. The van der Waals surface area contributed by atoms with Gasteiger partial charge in [-0.1, -0.05) is 6.07 Å². The Kier molecular flexibility index (Phi) is 3.43. The Hall–Kier alpha value is -1.82. The summed E-state index contributed by atoms with van der Waals surface area (Å²) in [4.78, 5) is 17.7. The highest BCUT2D eigenvalue weighted by Gasteiger charge is 2.23. The van der Waals surface area contributed by atoms with E-state index in [0.29, 0.717) is 25.5 Å². The molecule has 1 aliphatic rings. The van der Waals surface area contributed by atoms with Crippen LogP contribution in [-0.2, 0) is 6.54 Å². The van der Waals surface area contributed by atoms with Crippen molar-refractivity contribution in [1.82, 2.24) is 14.9 Å². The van der Waals surface area contributed by atoms with Gasteiger partial charge in [-0.05, 0) is 12.5 Å². The van der Waals surface area contributed by atoms with Gasteiger partial charge in [0.15, 0.2) is 0 Å². The zero-order valence-corrected chi connectivity index (χ0v) is 9.80. The van der Waals surface area contributed by atoms with Crippen LogP contribution < -0.4 is 10.6 Å². The second-order valence-corrected chi connectivity index (χ2v) is 3.92. The van der Waals surface area contributed by atoms with E-state index in [1.165, 1.54) is 5.01 Å². The molecule has 0 saturated carbocycles. The number of hydrogen-bond acceptors (Lipinski definition) is 4. The first-order valence-electron chi connectivity index (χ1n) is 5.52. The number of carbonyl (C=O) groups is 1. The number of methoxy groups -OCH3 is 1. The number of aromatic nitrogens is 1. The predicted molar refractivity (Wildman–Crippen MR) is 62.1 cm³/mol. The SMILES string of the molecule is COc1cccc(CN2CCCN(N)C2=O)n1. The fourth-order valence-corrected chi connectivity index (χ4v) is 1.81. The van der Waals surface area contributed by atoms with Crippen molar-refractivity contribution in [2.45, 2.75) is 13.0 Å². The summed E-state index contributed by atoms with van der Waals surface area (Å²) < 4.78 is 5.04. The normalized spacial score (nSPS) is 16.2. The van der Waals surface area contributed by atoms with Crippen molar-refractivity contribution in [3.8, 4) is 5.88 Å². The molecular weight excluding hydrogens is 220 g/mol. The van der Waals surface area contributed by atoms with E-state index >= 15 is 0 Å². The lowest BCUT2D eigenvalue weighted by Gasteiger charge is -2.32. The van der Waals surface area contributed by atoms with Crippen molar-refractivity contribution in [3.05, 3.63) is 23.9 Å². The zero-order chi connectivity index (χ0) is 12.3. The van der Waals surface area contributed by atoms with Crippen LogP contribution in [0.1, 0.15) is 12.1 Å². The Morgan fingerprint density at radius 1 is 1.47 bits per heavy atom. The number of carbonyl (C=O) groups excluding carboxylic acids is 1. The molecule has 0 aromatic carbocycles. The molecule has 92 valence electrons. The molecule has 2 N–H and O–H groups in total. The van der Waals surface area contributed by atoms with Gasteiger partial charge >= 0.3 is 6.03 Å². The monoisotopic (exact) mass is 236 g/mol. The maximum Gasteiger partial charge on any atom is 0.334 e. The van der Waals surface area contributed by atoms with E-state index < -0.39 is 0 Å². The molecule has 0 unspecified atom stereocenters. The second kappa shape index (κ2) is 5.01. The van der Waals surface area contributed by atoms with E-state index in [-0.39, 0.29) is 6.03 Å². The van der Waals surface area contributed by atoms with E-state index in [1.807, 2.05) is 12.1 Å². The third kappa shape index (κ3) is 2.65. The number of nitrogens with zero attached hydrogens (tertiary/aromatic N) is 3. The van der Waals surface area contributed by atoms with Crippen molar-refractivity contribution >= 4 is 6.03 Å². The number of ether oxygens (including phenoxy) is 1. The number of hydrazine groups is 1. The third-order valence-electron chi connectivity index (χ3n) is 2.69. The van der Waals surface area contributed by atoms with E-state index in [0.717, 1.165) is 12.1 Å². The van der Waals surface area contributed by atoms with Crippen LogP contribution in [0.3, 0.4) is 0 Å². The van der Waals surface area contributed by atoms with Crippen molar-refractivity contribution in [1.29, 1.82) is 0 Å². The van der Waals surface area contributed by atoms with Crippen molar-refractivity contribution in [3.63, 3.8) is 0 Å². The Morgan fingerprint density at radius 3 is 3.06 bits per heavy atom. The fourth-order valence-electron chi connectivity index (χ4n) is 1.81. The third-order valence-corrected chi connectivity index (χ3v) is 2.69. The molecule has 0 radical (unpaired) electrons. The minimum Gasteiger partial charge on any atom is -0.481 e. The molecule has 6 heteroatoms. The first kappa shape index (κ1) is 11.7. The van der Waals surface area contributed by atoms with Gasteiger partial charge in [0.25, 0.3) is 0 Å². The number of urea groups is 1. The molecule has 0 spiro atoms. The zero-order valence-electron chi connectivity index (χ0n) is 9.80. The number of nitrogens with two attached hydrogens (primary N) is 1. The van der Waals surface area contributed by atoms with Gasteiger partial charge in [0, 0.05) is 19.2 Å². The van der Waals surface area contributed by atoms with Gasteiger partial charge in [0.1, 0.15) is 0 Å². The van der Waals surface area contributed by atoms with Crippen molar-refractivity contribution in [2.75, 3.05) is 20.2 Å². The van der Waals surface area contributed by atoms with Crippen LogP contribution >= 0.6 is 0 Å². The highest BCUT2D eigenvalue weighted by atomic mass is 16.5. The summed E-state index contributed by atoms with van der Waals surface area (Å²) in [6.07, 6.45) is 0.881. The Morgan fingerprint density at radius 2 is 2.29 bits per heavy atom. The first-order valence-corrected chi connectivity index (χ1v) is 5.52. The minimum atomic E-state index is -0.152. The van der Waals surface area contributed by atoms with Gasteiger partial charge in [0.05, 0.1) is 19.3 Å². The molecule has 1 aromatic heterocycles.